The standard InChI is InChI=1S/C25H15ClN4O2S/c26-22-17(23(31)16-5-2-1-3-6-16)7-4-8-19(22)29-25-30-24(32)21(33-25)14-15-9-10-18-20(13-15)28-12-11-27-18/h1-14H,(H,29,30,32)/b21-14-. The number of ketones is 1. The van der Waals surface area contributed by atoms with Gasteiger partial charge < -0.3 is 5.32 Å². The highest BCUT2D eigenvalue weighted by molar-refractivity contribution is 8.18. The summed E-state index contributed by atoms with van der Waals surface area (Å²) in [7, 11) is 0. The SMILES string of the molecule is O=C1NC(=Nc2cccc(C(=O)c3ccccc3)c2Cl)S/C1=C\c1ccc2nccnc2c1. The second-order valence-electron chi connectivity index (χ2n) is 7.12. The largest absolute Gasteiger partial charge is 0.300 e. The van der Waals surface area contributed by atoms with E-state index in [-0.39, 0.29) is 16.7 Å². The minimum Gasteiger partial charge on any atom is -0.300 e. The van der Waals surface area contributed by atoms with E-state index in [1.807, 2.05) is 24.3 Å². The number of aliphatic imine (C=N–C) groups is 1. The molecule has 4 aromatic rings. The molecule has 3 aromatic carbocycles. The molecule has 5 rings (SSSR count). The number of rotatable bonds is 4. The van der Waals surface area contributed by atoms with Gasteiger partial charge in [-0.1, -0.05) is 54.1 Å². The molecule has 1 N–H and O–H groups in total. The number of nitrogens with zero attached hydrogens (tertiary/aromatic N) is 3. The number of carbonyl (C=O) groups excluding carboxylic acids is 2. The molecule has 1 amide bonds. The summed E-state index contributed by atoms with van der Waals surface area (Å²) >= 11 is 7.72. The molecule has 6 nitrogen and oxygen atoms in total. The number of thioether (sulfide) groups is 1. The van der Waals surface area contributed by atoms with Crippen LogP contribution >= 0.6 is 23.4 Å². The number of hydrogen-bond donors (Lipinski definition) is 1. The maximum atomic E-state index is 12.8. The van der Waals surface area contributed by atoms with E-state index in [1.54, 1.807) is 60.9 Å². The lowest BCUT2D eigenvalue weighted by Crippen LogP contribution is -2.19. The monoisotopic (exact) mass is 470 g/mol. The van der Waals surface area contributed by atoms with E-state index in [0.717, 1.165) is 16.6 Å². The van der Waals surface area contributed by atoms with Gasteiger partial charge in [-0.2, -0.15) is 0 Å². The first-order valence-electron chi connectivity index (χ1n) is 9.97. The maximum Gasteiger partial charge on any atom is 0.264 e. The molecule has 1 saturated heterocycles. The molecule has 0 spiro atoms. The maximum absolute atomic E-state index is 12.8. The molecule has 8 heteroatoms. The van der Waals surface area contributed by atoms with Crippen molar-refractivity contribution in [2.45, 2.75) is 0 Å². The first-order chi connectivity index (χ1) is 16.1. The Morgan fingerprint density at radius 1 is 0.970 bits per heavy atom. The number of carbonyl (C=O) groups is 2. The fraction of sp³-hybridized carbons (Fsp3) is 0. The molecular formula is C25H15ClN4O2S. The van der Waals surface area contributed by atoms with Crippen molar-refractivity contribution >= 4 is 63.0 Å². The van der Waals surface area contributed by atoms with E-state index in [9.17, 15) is 9.59 Å². The Morgan fingerprint density at radius 2 is 1.76 bits per heavy atom. The molecule has 160 valence electrons. The van der Waals surface area contributed by atoms with Crippen LogP contribution in [0.3, 0.4) is 0 Å². The molecule has 0 bridgehead atoms. The highest BCUT2D eigenvalue weighted by atomic mass is 35.5. The third kappa shape index (κ3) is 4.41. The van der Waals surface area contributed by atoms with Crippen LogP contribution in [-0.4, -0.2) is 26.8 Å². The molecule has 1 aromatic heterocycles. The smallest absolute Gasteiger partial charge is 0.264 e. The number of nitrogens with one attached hydrogen (secondary N) is 1. The van der Waals surface area contributed by atoms with Crippen molar-refractivity contribution in [3.05, 3.63) is 106 Å². The van der Waals surface area contributed by atoms with Gasteiger partial charge in [-0.25, -0.2) is 4.99 Å². The summed E-state index contributed by atoms with van der Waals surface area (Å²) in [4.78, 5) is 38.8. The highest BCUT2D eigenvalue weighted by Gasteiger charge is 2.24. The van der Waals surface area contributed by atoms with E-state index in [2.05, 4.69) is 20.3 Å². The number of hydrogen-bond acceptors (Lipinski definition) is 6. The Kier molecular flexibility index (Phi) is 5.73. The van der Waals surface area contributed by atoms with Crippen molar-refractivity contribution in [3.63, 3.8) is 0 Å². The van der Waals surface area contributed by atoms with Crippen LogP contribution in [0.25, 0.3) is 17.1 Å². The second kappa shape index (κ2) is 8.97. The Hall–Kier alpha value is -3.81. The normalized spacial score (nSPS) is 15.8. The Morgan fingerprint density at radius 3 is 2.58 bits per heavy atom. The van der Waals surface area contributed by atoms with Crippen molar-refractivity contribution in [2.24, 2.45) is 4.99 Å². The summed E-state index contributed by atoms with van der Waals surface area (Å²) in [6.07, 6.45) is 5.03. The first-order valence-corrected chi connectivity index (χ1v) is 11.2. The third-order valence-corrected chi connectivity index (χ3v) is 6.23. The highest BCUT2D eigenvalue weighted by Crippen LogP contribution is 2.33. The second-order valence-corrected chi connectivity index (χ2v) is 8.53. The van der Waals surface area contributed by atoms with Gasteiger partial charge in [0.15, 0.2) is 11.0 Å². The van der Waals surface area contributed by atoms with Gasteiger partial charge in [-0.15, -0.1) is 0 Å². The van der Waals surface area contributed by atoms with Gasteiger partial charge in [0.05, 0.1) is 26.6 Å². The summed E-state index contributed by atoms with van der Waals surface area (Å²) in [5.74, 6) is -0.448. The number of amides is 1. The number of aromatic nitrogens is 2. The van der Waals surface area contributed by atoms with Crippen LogP contribution < -0.4 is 5.32 Å². The minimum absolute atomic E-state index is 0.189. The van der Waals surface area contributed by atoms with Crippen molar-refractivity contribution in [2.75, 3.05) is 0 Å². The molecule has 0 aliphatic carbocycles. The predicted octanol–water partition coefficient (Wildman–Crippen LogP) is 5.41. The van der Waals surface area contributed by atoms with Gasteiger partial charge >= 0.3 is 0 Å². The predicted molar refractivity (Wildman–Crippen MR) is 132 cm³/mol. The van der Waals surface area contributed by atoms with Crippen LogP contribution in [-0.2, 0) is 4.79 Å². The van der Waals surface area contributed by atoms with Gasteiger partial charge in [-0.3, -0.25) is 19.6 Å². The topological polar surface area (TPSA) is 84.3 Å². The van der Waals surface area contributed by atoms with Gasteiger partial charge in [-0.05, 0) is 47.7 Å². The molecular weight excluding hydrogens is 456 g/mol. The zero-order valence-corrected chi connectivity index (χ0v) is 18.6. The van der Waals surface area contributed by atoms with Crippen LogP contribution in [0.1, 0.15) is 21.5 Å². The van der Waals surface area contributed by atoms with Crippen molar-refractivity contribution in [1.29, 1.82) is 0 Å². The lowest BCUT2D eigenvalue weighted by atomic mass is 10.0. The van der Waals surface area contributed by atoms with Crippen molar-refractivity contribution < 1.29 is 9.59 Å². The quantitative estimate of drug-likeness (QED) is 0.318. The Bertz CT molecular complexity index is 1470. The summed E-state index contributed by atoms with van der Waals surface area (Å²) < 4.78 is 0. The van der Waals surface area contributed by atoms with Crippen molar-refractivity contribution in [3.8, 4) is 0 Å². The molecule has 0 atom stereocenters. The van der Waals surface area contributed by atoms with E-state index >= 15 is 0 Å². The van der Waals surface area contributed by atoms with Gasteiger partial charge in [0.2, 0.25) is 0 Å². The molecule has 1 aliphatic rings. The van der Waals surface area contributed by atoms with Crippen LogP contribution in [0.4, 0.5) is 5.69 Å². The molecule has 2 heterocycles. The van der Waals surface area contributed by atoms with Gasteiger partial charge in [0.25, 0.3) is 5.91 Å². The number of amidine groups is 1. The number of halogens is 1. The Labute approximate surface area is 198 Å². The van der Waals surface area contributed by atoms with Crippen LogP contribution in [0.2, 0.25) is 5.02 Å². The number of benzene rings is 3. The zero-order valence-electron chi connectivity index (χ0n) is 17.0. The molecule has 0 unspecified atom stereocenters. The first kappa shape index (κ1) is 21.1. The van der Waals surface area contributed by atoms with E-state index < -0.39 is 0 Å². The summed E-state index contributed by atoms with van der Waals surface area (Å²) in [5.41, 5.74) is 3.66. The fourth-order valence-electron chi connectivity index (χ4n) is 3.34. The van der Waals surface area contributed by atoms with E-state index in [1.165, 1.54) is 11.8 Å². The average Bonchev–Trinajstić information content (AvgIpc) is 3.19. The van der Waals surface area contributed by atoms with Gasteiger partial charge in [0, 0.05) is 23.5 Å². The zero-order chi connectivity index (χ0) is 22.8. The van der Waals surface area contributed by atoms with Crippen LogP contribution in [0.15, 0.2) is 89.0 Å². The lowest BCUT2D eigenvalue weighted by molar-refractivity contribution is -0.115. The van der Waals surface area contributed by atoms with Crippen LogP contribution in [0.5, 0.6) is 0 Å². The third-order valence-electron chi connectivity index (χ3n) is 4.92. The Balaban J connectivity index is 1.42. The average molecular weight is 471 g/mol. The molecule has 1 aliphatic heterocycles. The van der Waals surface area contributed by atoms with E-state index in [0.29, 0.717) is 26.9 Å². The molecule has 33 heavy (non-hydrogen) atoms. The molecule has 0 radical (unpaired) electrons. The van der Waals surface area contributed by atoms with E-state index in [4.69, 9.17) is 11.6 Å². The number of fused-ring (bicyclic) bond motifs is 1. The van der Waals surface area contributed by atoms with Crippen LogP contribution in [0, 0.1) is 0 Å². The summed E-state index contributed by atoms with van der Waals surface area (Å²) in [5, 5.41) is 3.37. The lowest BCUT2D eigenvalue weighted by Gasteiger charge is -2.06. The summed E-state index contributed by atoms with van der Waals surface area (Å²) in [6.45, 7) is 0. The fourth-order valence-corrected chi connectivity index (χ4v) is 4.43. The molecule has 1 fully saturated rings. The minimum atomic E-state index is -0.259. The summed E-state index contributed by atoms with van der Waals surface area (Å²) in [6, 6.07) is 19.6. The van der Waals surface area contributed by atoms with Gasteiger partial charge in [0.1, 0.15) is 0 Å². The molecule has 0 saturated carbocycles. The van der Waals surface area contributed by atoms with Crippen molar-refractivity contribution in [1.82, 2.24) is 15.3 Å².